The smallest absolute Gasteiger partial charge is 0.0982 e. The third-order valence-electron chi connectivity index (χ3n) is 4.55. The van der Waals surface area contributed by atoms with Crippen LogP contribution in [-0.4, -0.2) is 29.3 Å². The lowest BCUT2D eigenvalue weighted by Gasteiger charge is -2.24. The van der Waals surface area contributed by atoms with Crippen molar-refractivity contribution in [3.8, 4) is 0 Å². The second kappa shape index (κ2) is 14.6. The van der Waals surface area contributed by atoms with E-state index in [1.54, 1.807) is 0 Å². The predicted octanol–water partition coefficient (Wildman–Crippen LogP) is 4.94. The number of β-amino-alcohol motifs (C(OH)–C–C–N with tert-alkyl or cyclic N) is 1. The molecule has 1 atom stereocenters. The van der Waals surface area contributed by atoms with Crippen LogP contribution in [0.2, 0.25) is 0 Å². The number of hydrogen-bond acceptors (Lipinski definition) is 3. The van der Waals surface area contributed by atoms with E-state index in [2.05, 4.69) is 35.5 Å². The van der Waals surface area contributed by atoms with Crippen LogP contribution < -0.4 is 5.32 Å². The van der Waals surface area contributed by atoms with Crippen LogP contribution >= 0.6 is 0 Å². The highest BCUT2D eigenvalue weighted by atomic mass is 16.3. The van der Waals surface area contributed by atoms with Gasteiger partial charge in [0.25, 0.3) is 0 Å². The number of aliphatic hydroxyl groups is 1. The molecule has 0 amide bonds. The van der Waals surface area contributed by atoms with Crippen LogP contribution in [0.3, 0.4) is 0 Å². The van der Waals surface area contributed by atoms with Gasteiger partial charge in [-0.25, -0.2) is 0 Å². The van der Waals surface area contributed by atoms with E-state index in [1.807, 2.05) is 6.20 Å². The summed E-state index contributed by atoms with van der Waals surface area (Å²) in [7, 11) is 0. The van der Waals surface area contributed by atoms with Crippen molar-refractivity contribution in [1.82, 2.24) is 10.2 Å². The molecule has 134 valence electrons. The number of nitrogens with zero attached hydrogens (tertiary/aromatic N) is 1. The fraction of sp³-hybridized carbons (Fsp3) is 0.800. The van der Waals surface area contributed by atoms with Crippen molar-refractivity contribution in [3.63, 3.8) is 0 Å². The lowest BCUT2D eigenvalue weighted by molar-refractivity contribution is 0.194. The molecular weight excluding hydrogens is 284 g/mol. The summed E-state index contributed by atoms with van der Waals surface area (Å²) in [6.45, 7) is 3.22. The Hall–Kier alpha value is -0.960. The van der Waals surface area contributed by atoms with Crippen molar-refractivity contribution in [2.24, 2.45) is 0 Å². The van der Waals surface area contributed by atoms with Crippen molar-refractivity contribution >= 4 is 0 Å². The minimum atomic E-state index is 0.232. The molecule has 0 fully saturated rings. The van der Waals surface area contributed by atoms with Crippen LogP contribution in [0.5, 0.6) is 0 Å². The van der Waals surface area contributed by atoms with E-state index in [9.17, 15) is 0 Å². The van der Waals surface area contributed by atoms with Crippen molar-refractivity contribution in [1.29, 1.82) is 0 Å². The van der Waals surface area contributed by atoms with Crippen LogP contribution in [0.25, 0.3) is 0 Å². The molecule has 1 aliphatic heterocycles. The summed E-state index contributed by atoms with van der Waals surface area (Å²) < 4.78 is 0. The van der Waals surface area contributed by atoms with Gasteiger partial charge in [-0.3, -0.25) is 0 Å². The largest absolute Gasteiger partial charge is 0.395 e. The molecule has 1 aliphatic rings. The van der Waals surface area contributed by atoms with Crippen LogP contribution in [0, 0.1) is 0 Å². The highest BCUT2D eigenvalue weighted by Crippen LogP contribution is 2.14. The van der Waals surface area contributed by atoms with Gasteiger partial charge in [0.2, 0.25) is 0 Å². The zero-order chi connectivity index (χ0) is 16.6. The lowest BCUT2D eigenvalue weighted by atomic mass is 10.1. The fourth-order valence-corrected chi connectivity index (χ4v) is 3.09. The monoisotopic (exact) mass is 322 g/mol. The summed E-state index contributed by atoms with van der Waals surface area (Å²) in [4.78, 5) is 2.20. The standard InChI is InChI=1S/C20H38N2O/c1-2-3-4-5-6-7-8-9-10-11-12-13-14-15-20-21-16-17-22(20)18-19-23/h5-6,16-17,20-21,23H,2-4,7-15,18-19H2,1H3/b6-5+. The molecule has 0 aliphatic carbocycles. The molecule has 0 saturated heterocycles. The second-order valence-electron chi connectivity index (χ2n) is 6.63. The summed E-state index contributed by atoms with van der Waals surface area (Å²) in [5, 5.41) is 12.4. The molecule has 3 nitrogen and oxygen atoms in total. The molecule has 0 saturated carbocycles. The maximum absolute atomic E-state index is 9.02. The summed E-state index contributed by atoms with van der Waals surface area (Å²) in [5.74, 6) is 0. The maximum Gasteiger partial charge on any atom is 0.0982 e. The van der Waals surface area contributed by atoms with Gasteiger partial charge in [0, 0.05) is 18.9 Å². The molecular formula is C20H38N2O. The van der Waals surface area contributed by atoms with E-state index in [-0.39, 0.29) is 6.61 Å². The molecule has 0 radical (unpaired) electrons. The first kappa shape index (κ1) is 20.1. The summed E-state index contributed by atoms with van der Waals surface area (Å²) in [5.41, 5.74) is 0. The molecule has 3 heteroatoms. The topological polar surface area (TPSA) is 35.5 Å². The van der Waals surface area contributed by atoms with Gasteiger partial charge < -0.3 is 15.3 Å². The average molecular weight is 323 g/mol. The average Bonchev–Trinajstić information content (AvgIpc) is 2.99. The van der Waals surface area contributed by atoms with Crippen LogP contribution in [-0.2, 0) is 0 Å². The van der Waals surface area contributed by atoms with E-state index in [1.165, 1.54) is 77.0 Å². The minimum Gasteiger partial charge on any atom is -0.395 e. The quantitative estimate of drug-likeness (QED) is 0.331. The van der Waals surface area contributed by atoms with E-state index in [0.29, 0.717) is 6.17 Å². The Morgan fingerprint density at radius 2 is 1.61 bits per heavy atom. The summed E-state index contributed by atoms with van der Waals surface area (Å²) in [6, 6.07) is 0. The third-order valence-corrected chi connectivity index (χ3v) is 4.55. The second-order valence-corrected chi connectivity index (χ2v) is 6.63. The lowest BCUT2D eigenvalue weighted by Crippen LogP contribution is -2.36. The zero-order valence-electron chi connectivity index (χ0n) is 15.2. The number of rotatable bonds is 15. The maximum atomic E-state index is 9.02. The van der Waals surface area contributed by atoms with E-state index in [0.717, 1.165) is 6.54 Å². The van der Waals surface area contributed by atoms with Gasteiger partial charge >= 0.3 is 0 Å². The molecule has 1 rings (SSSR count). The van der Waals surface area contributed by atoms with Gasteiger partial charge in [0.15, 0.2) is 0 Å². The van der Waals surface area contributed by atoms with E-state index >= 15 is 0 Å². The molecule has 0 bridgehead atoms. The highest BCUT2D eigenvalue weighted by Gasteiger charge is 2.16. The van der Waals surface area contributed by atoms with Gasteiger partial charge in [-0.15, -0.1) is 0 Å². The Bertz CT molecular complexity index is 315. The third kappa shape index (κ3) is 10.4. The number of unbranched alkanes of at least 4 members (excludes halogenated alkanes) is 9. The van der Waals surface area contributed by atoms with Crippen molar-refractivity contribution in [2.45, 2.75) is 90.1 Å². The van der Waals surface area contributed by atoms with Crippen LogP contribution in [0.1, 0.15) is 84.0 Å². The molecule has 0 aromatic carbocycles. The Balaban J connectivity index is 1.82. The van der Waals surface area contributed by atoms with Crippen molar-refractivity contribution in [3.05, 3.63) is 24.6 Å². The van der Waals surface area contributed by atoms with E-state index < -0.39 is 0 Å². The first-order valence-electron chi connectivity index (χ1n) is 9.82. The van der Waals surface area contributed by atoms with Crippen LogP contribution in [0.15, 0.2) is 24.6 Å². The van der Waals surface area contributed by atoms with Gasteiger partial charge in [-0.1, -0.05) is 64.0 Å². The normalized spacial score (nSPS) is 17.3. The molecule has 23 heavy (non-hydrogen) atoms. The minimum absolute atomic E-state index is 0.232. The number of allylic oxidation sites excluding steroid dienone is 2. The van der Waals surface area contributed by atoms with Crippen molar-refractivity contribution in [2.75, 3.05) is 13.2 Å². The fourth-order valence-electron chi connectivity index (χ4n) is 3.09. The number of aliphatic hydroxyl groups excluding tert-OH is 1. The van der Waals surface area contributed by atoms with Gasteiger partial charge in [0.05, 0.1) is 12.8 Å². The summed E-state index contributed by atoms with van der Waals surface area (Å²) in [6.07, 6.45) is 25.0. The molecule has 2 N–H and O–H groups in total. The summed E-state index contributed by atoms with van der Waals surface area (Å²) >= 11 is 0. The highest BCUT2D eigenvalue weighted by molar-refractivity contribution is 4.93. The molecule has 0 aromatic heterocycles. The first-order chi connectivity index (χ1) is 11.4. The van der Waals surface area contributed by atoms with Gasteiger partial charge in [-0.05, 0) is 32.1 Å². The van der Waals surface area contributed by atoms with Gasteiger partial charge in [-0.2, -0.15) is 0 Å². The Morgan fingerprint density at radius 3 is 2.30 bits per heavy atom. The zero-order valence-corrected chi connectivity index (χ0v) is 15.2. The molecule has 0 spiro atoms. The Morgan fingerprint density at radius 1 is 0.957 bits per heavy atom. The first-order valence-corrected chi connectivity index (χ1v) is 9.82. The SMILES string of the molecule is CCCC/C=C/CCCCCCCCCC1NC=CN1CCO. The van der Waals surface area contributed by atoms with Crippen molar-refractivity contribution < 1.29 is 5.11 Å². The Labute approximate surface area is 143 Å². The molecule has 1 unspecified atom stereocenters. The Kier molecular flexibility index (Phi) is 12.8. The van der Waals surface area contributed by atoms with E-state index in [4.69, 9.17) is 5.11 Å². The van der Waals surface area contributed by atoms with Gasteiger partial charge in [0.1, 0.15) is 0 Å². The number of hydrogen-bond donors (Lipinski definition) is 2. The molecule has 0 aromatic rings. The number of nitrogens with one attached hydrogen (secondary N) is 1. The predicted molar refractivity (Wildman–Crippen MR) is 100 cm³/mol. The molecule has 1 heterocycles. The van der Waals surface area contributed by atoms with Crippen LogP contribution in [0.4, 0.5) is 0 Å².